The van der Waals surface area contributed by atoms with Gasteiger partial charge in [0.15, 0.2) is 0 Å². The summed E-state index contributed by atoms with van der Waals surface area (Å²) in [5.74, 6) is 0. The monoisotopic (exact) mass is 377 g/mol. The highest BCUT2D eigenvalue weighted by molar-refractivity contribution is 6.62. The van der Waals surface area contributed by atoms with E-state index in [1.54, 1.807) is 7.11 Å². The predicted molar refractivity (Wildman–Crippen MR) is 107 cm³/mol. The molecule has 7 heteroatoms. The summed E-state index contributed by atoms with van der Waals surface area (Å²) in [6.45, 7) is 9.78. The molecule has 1 aliphatic heterocycles. The maximum Gasteiger partial charge on any atom is 0.494 e. The van der Waals surface area contributed by atoms with E-state index in [9.17, 15) is 9.90 Å². The molecule has 0 aromatic heterocycles. The fourth-order valence-electron chi connectivity index (χ4n) is 3.00. The van der Waals surface area contributed by atoms with E-state index in [4.69, 9.17) is 14.0 Å². The van der Waals surface area contributed by atoms with Crippen LogP contribution in [-0.4, -0.2) is 61.2 Å². The SMILES string of the molecule is COCCCN(CCCc1ccc(B2OC(C)(C)C(C)(C)O2)cc1)C(=O)O. The minimum absolute atomic E-state index is 0.348. The highest BCUT2D eigenvalue weighted by atomic mass is 16.7. The smallest absolute Gasteiger partial charge is 0.465 e. The van der Waals surface area contributed by atoms with Crippen LogP contribution in [0.4, 0.5) is 4.79 Å². The van der Waals surface area contributed by atoms with Crippen LogP contribution in [0.15, 0.2) is 24.3 Å². The van der Waals surface area contributed by atoms with Gasteiger partial charge in [-0.1, -0.05) is 24.3 Å². The van der Waals surface area contributed by atoms with Crippen LogP contribution in [0.2, 0.25) is 0 Å². The Morgan fingerprint density at radius 1 is 1.07 bits per heavy atom. The van der Waals surface area contributed by atoms with Crippen molar-refractivity contribution in [2.24, 2.45) is 0 Å². The largest absolute Gasteiger partial charge is 0.494 e. The Bertz CT molecular complexity index is 601. The zero-order chi connectivity index (χ0) is 20.1. The minimum atomic E-state index is -0.873. The number of hydrogen-bond donors (Lipinski definition) is 1. The fraction of sp³-hybridized carbons (Fsp3) is 0.650. The summed E-state index contributed by atoms with van der Waals surface area (Å²) >= 11 is 0. The van der Waals surface area contributed by atoms with Crippen LogP contribution >= 0.6 is 0 Å². The molecule has 0 aliphatic carbocycles. The molecule has 1 amide bonds. The number of methoxy groups -OCH3 is 1. The van der Waals surface area contributed by atoms with Crippen molar-refractivity contribution < 1.29 is 23.9 Å². The Labute approximate surface area is 162 Å². The van der Waals surface area contributed by atoms with Gasteiger partial charge in [0, 0.05) is 26.8 Å². The molecule has 1 aromatic rings. The molecule has 1 fully saturated rings. The highest BCUT2D eigenvalue weighted by Gasteiger charge is 2.51. The van der Waals surface area contributed by atoms with Gasteiger partial charge in [-0.2, -0.15) is 0 Å². The van der Waals surface area contributed by atoms with E-state index < -0.39 is 6.09 Å². The van der Waals surface area contributed by atoms with E-state index in [0.717, 1.165) is 18.3 Å². The normalized spacial score (nSPS) is 17.9. The highest BCUT2D eigenvalue weighted by Crippen LogP contribution is 2.36. The van der Waals surface area contributed by atoms with Crippen LogP contribution in [0.1, 0.15) is 46.1 Å². The number of benzene rings is 1. The Kier molecular flexibility index (Phi) is 7.31. The van der Waals surface area contributed by atoms with Crippen molar-refractivity contribution in [3.63, 3.8) is 0 Å². The van der Waals surface area contributed by atoms with Gasteiger partial charge in [-0.25, -0.2) is 4.79 Å². The lowest BCUT2D eigenvalue weighted by Gasteiger charge is -2.32. The average Bonchev–Trinajstić information content (AvgIpc) is 2.81. The lowest BCUT2D eigenvalue weighted by molar-refractivity contribution is 0.00578. The second kappa shape index (κ2) is 9.08. The van der Waals surface area contributed by atoms with Crippen molar-refractivity contribution in [3.05, 3.63) is 29.8 Å². The summed E-state index contributed by atoms with van der Waals surface area (Å²) in [7, 11) is 1.27. The van der Waals surface area contributed by atoms with Gasteiger partial charge in [-0.3, -0.25) is 0 Å². The van der Waals surface area contributed by atoms with Gasteiger partial charge in [0.2, 0.25) is 0 Å². The van der Waals surface area contributed by atoms with Crippen molar-refractivity contribution in [3.8, 4) is 0 Å². The molecule has 0 atom stereocenters. The van der Waals surface area contributed by atoms with Crippen molar-refractivity contribution in [2.45, 2.75) is 58.2 Å². The van der Waals surface area contributed by atoms with Gasteiger partial charge in [0.25, 0.3) is 0 Å². The van der Waals surface area contributed by atoms with Crippen LogP contribution < -0.4 is 5.46 Å². The molecule has 0 saturated carbocycles. The third-order valence-electron chi connectivity index (χ3n) is 5.45. The van der Waals surface area contributed by atoms with Gasteiger partial charge in [0.05, 0.1) is 11.2 Å². The first-order chi connectivity index (χ1) is 12.7. The summed E-state index contributed by atoms with van der Waals surface area (Å²) in [5.41, 5.74) is 1.49. The number of hydrogen-bond acceptors (Lipinski definition) is 4. The van der Waals surface area contributed by atoms with Crippen LogP contribution in [0.3, 0.4) is 0 Å². The topological polar surface area (TPSA) is 68.2 Å². The standard InChI is InChI=1S/C20H32BNO5/c1-19(2)20(3,4)27-21(26-19)17-11-9-16(10-12-17)8-6-13-22(18(23)24)14-7-15-25-5/h9-12H,6-8,13-15H2,1-5H3,(H,23,24). The van der Waals surface area contributed by atoms with Gasteiger partial charge in [0.1, 0.15) is 0 Å². The van der Waals surface area contributed by atoms with E-state index in [1.165, 1.54) is 10.5 Å². The lowest BCUT2D eigenvalue weighted by Crippen LogP contribution is -2.41. The second-order valence-electron chi connectivity index (χ2n) is 8.05. The van der Waals surface area contributed by atoms with Crippen molar-refractivity contribution in [1.82, 2.24) is 4.90 Å². The van der Waals surface area contributed by atoms with Crippen molar-refractivity contribution >= 4 is 18.7 Å². The molecular weight excluding hydrogens is 345 g/mol. The molecule has 1 saturated heterocycles. The average molecular weight is 377 g/mol. The number of ether oxygens (including phenoxy) is 1. The molecule has 2 rings (SSSR count). The molecule has 1 N–H and O–H groups in total. The Morgan fingerprint density at radius 3 is 2.15 bits per heavy atom. The van der Waals surface area contributed by atoms with E-state index in [0.29, 0.717) is 26.1 Å². The summed E-state index contributed by atoms with van der Waals surface area (Å²) in [4.78, 5) is 12.7. The number of nitrogens with zero attached hydrogens (tertiary/aromatic N) is 1. The number of carboxylic acid groups (broad SMARTS) is 1. The molecule has 27 heavy (non-hydrogen) atoms. The zero-order valence-electron chi connectivity index (χ0n) is 17.2. The third kappa shape index (κ3) is 5.70. The molecule has 0 radical (unpaired) electrons. The maximum absolute atomic E-state index is 11.3. The van der Waals surface area contributed by atoms with Crippen molar-refractivity contribution in [2.75, 3.05) is 26.8 Å². The minimum Gasteiger partial charge on any atom is -0.465 e. The van der Waals surface area contributed by atoms with E-state index >= 15 is 0 Å². The number of rotatable bonds is 9. The number of amides is 1. The Hall–Kier alpha value is -1.57. The van der Waals surface area contributed by atoms with Gasteiger partial charge < -0.3 is 24.1 Å². The molecule has 0 spiro atoms. The van der Waals surface area contributed by atoms with E-state index in [-0.39, 0.29) is 18.3 Å². The van der Waals surface area contributed by atoms with Crippen LogP contribution in [0.25, 0.3) is 0 Å². The first kappa shape index (κ1) is 21.7. The molecular formula is C20H32BNO5. The Balaban J connectivity index is 1.84. The Morgan fingerprint density at radius 2 is 1.63 bits per heavy atom. The third-order valence-corrected chi connectivity index (χ3v) is 5.45. The molecule has 1 aliphatic rings. The summed E-state index contributed by atoms with van der Waals surface area (Å²) in [5, 5.41) is 9.27. The first-order valence-corrected chi connectivity index (χ1v) is 9.57. The summed E-state index contributed by atoms with van der Waals surface area (Å²) < 4.78 is 17.1. The van der Waals surface area contributed by atoms with Gasteiger partial charge in [-0.15, -0.1) is 0 Å². The molecule has 6 nitrogen and oxygen atoms in total. The molecule has 150 valence electrons. The lowest BCUT2D eigenvalue weighted by atomic mass is 9.78. The van der Waals surface area contributed by atoms with Crippen molar-refractivity contribution in [1.29, 1.82) is 0 Å². The molecule has 0 unspecified atom stereocenters. The van der Waals surface area contributed by atoms with Gasteiger partial charge >= 0.3 is 13.2 Å². The number of carbonyl (C=O) groups is 1. The quantitative estimate of drug-likeness (QED) is 0.529. The predicted octanol–water partition coefficient (Wildman–Crippen LogP) is 2.93. The van der Waals surface area contributed by atoms with Crippen LogP contribution in [0.5, 0.6) is 0 Å². The van der Waals surface area contributed by atoms with E-state index in [1.807, 2.05) is 39.8 Å². The molecule has 1 aromatic carbocycles. The van der Waals surface area contributed by atoms with E-state index in [2.05, 4.69) is 12.1 Å². The zero-order valence-corrected chi connectivity index (χ0v) is 17.2. The second-order valence-corrected chi connectivity index (χ2v) is 8.05. The van der Waals surface area contributed by atoms with Crippen LogP contribution in [-0.2, 0) is 20.5 Å². The van der Waals surface area contributed by atoms with Crippen LogP contribution in [0, 0.1) is 0 Å². The number of aryl methyl sites for hydroxylation is 1. The molecule has 0 bridgehead atoms. The molecule has 1 heterocycles. The summed E-state index contributed by atoms with van der Waals surface area (Å²) in [6, 6.07) is 8.20. The first-order valence-electron chi connectivity index (χ1n) is 9.57. The fourth-order valence-corrected chi connectivity index (χ4v) is 3.00. The summed E-state index contributed by atoms with van der Waals surface area (Å²) in [6.07, 6.45) is 1.46. The maximum atomic E-state index is 11.3. The van der Waals surface area contributed by atoms with Gasteiger partial charge in [-0.05, 0) is 58.0 Å².